The number of carbonyl (C=O) groups is 3. The Morgan fingerprint density at radius 1 is 1.50 bits per heavy atom. The average Bonchev–Trinajstić information content (AvgIpc) is 2.17. The normalized spacial score (nSPS) is 19.2. The van der Waals surface area contributed by atoms with Gasteiger partial charge in [0.15, 0.2) is 5.12 Å². The number of morpholine rings is 1. The molecule has 6 nitrogen and oxygen atoms in total. The summed E-state index contributed by atoms with van der Waals surface area (Å²) in [7, 11) is 0. The summed E-state index contributed by atoms with van der Waals surface area (Å²) in [5, 5.41) is 2.62. The zero-order valence-corrected chi connectivity index (χ0v) is 9.96. The minimum atomic E-state index is -0.418. The first-order chi connectivity index (χ1) is 7.43. The van der Waals surface area contributed by atoms with Crippen molar-refractivity contribution in [3.8, 4) is 0 Å². The molecule has 1 rings (SSSR count). The lowest BCUT2D eigenvalue weighted by atomic mass is 10.3. The fourth-order valence-electron chi connectivity index (χ4n) is 0.961. The molecule has 1 aliphatic heterocycles. The van der Waals surface area contributed by atoms with Crippen LogP contribution in [0.3, 0.4) is 0 Å². The lowest BCUT2D eigenvalue weighted by molar-refractivity contribution is -0.130. The molecule has 0 aromatic rings. The van der Waals surface area contributed by atoms with Gasteiger partial charge in [0.05, 0.1) is 13.0 Å². The summed E-state index contributed by atoms with van der Waals surface area (Å²) in [4.78, 5) is 30.3. The molecule has 92 valence electrons. The van der Waals surface area contributed by atoms with Crippen LogP contribution in [0.4, 0.5) is 0 Å². The van der Waals surface area contributed by atoms with Gasteiger partial charge in [0.1, 0.15) is 11.9 Å². The minimum Gasteiger partial charge on any atom is -0.367 e. The van der Waals surface area contributed by atoms with E-state index in [0.717, 1.165) is 6.54 Å². The highest BCUT2D eigenvalue weighted by atomic mass is 32.1. The van der Waals surface area contributed by atoms with Gasteiger partial charge in [0.25, 0.3) is 0 Å². The van der Waals surface area contributed by atoms with Crippen molar-refractivity contribution in [1.82, 2.24) is 5.32 Å². The van der Waals surface area contributed by atoms with Gasteiger partial charge in [0.2, 0.25) is 5.91 Å². The second-order valence-corrected chi connectivity index (χ2v) is 3.74. The molecular formula is C9H16N2O4S. The number of ketones is 1. The number of rotatable bonds is 3. The molecule has 3 N–H and O–H groups in total. The highest BCUT2D eigenvalue weighted by Crippen LogP contribution is 1.92. The van der Waals surface area contributed by atoms with Crippen LogP contribution in [-0.4, -0.2) is 42.6 Å². The summed E-state index contributed by atoms with van der Waals surface area (Å²) >= 11 is 3.38. The molecule has 1 fully saturated rings. The van der Waals surface area contributed by atoms with Gasteiger partial charge in [-0.15, -0.1) is 12.6 Å². The van der Waals surface area contributed by atoms with E-state index < -0.39 is 6.10 Å². The molecular weight excluding hydrogens is 232 g/mol. The van der Waals surface area contributed by atoms with Crippen molar-refractivity contribution in [2.24, 2.45) is 5.73 Å². The first-order valence-electron chi connectivity index (χ1n) is 4.76. The average molecular weight is 248 g/mol. The number of primary amides is 1. The van der Waals surface area contributed by atoms with Crippen molar-refractivity contribution in [2.45, 2.75) is 19.4 Å². The highest BCUT2D eigenvalue weighted by molar-refractivity contribution is 7.96. The third-order valence-electron chi connectivity index (χ3n) is 1.65. The molecule has 1 atom stereocenters. The van der Waals surface area contributed by atoms with Crippen LogP contribution in [-0.2, 0) is 19.1 Å². The number of hydrogen-bond acceptors (Lipinski definition) is 5. The maximum absolute atomic E-state index is 10.4. The SMILES string of the molecule is CC(=O)CC(=O)S.NC(=O)C1CNCCO1. The molecule has 0 spiro atoms. The third kappa shape index (κ3) is 8.39. The monoisotopic (exact) mass is 248 g/mol. The van der Waals surface area contributed by atoms with Gasteiger partial charge in [-0.1, -0.05) is 0 Å². The maximum Gasteiger partial charge on any atom is 0.247 e. The van der Waals surface area contributed by atoms with E-state index in [1.54, 1.807) is 0 Å². The molecule has 1 heterocycles. The molecule has 1 aliphatic rings. The number of Topliss-reactive ketones (excluding diaryl/α,β-unsaturated/α-hetero) is 1. The van der Waals surface area contributed by atoms with Crippen LogP contribution in [0.1, 0.15) is 13.3 Å². The van der Waals surface area contributed by atoms with Crippen molar-refractivity contribution in [3.63, 3.8) is 0 Å². The van der Waals surface area contributed by atoms with Crippen molar-refractivity contribution in [3.05, 3.63) is 0 Å². The summed E-state index contributed by atoms with van der Waals surface area (Å²) in [6, 6.07) is 0. The van der Waals surface area contributed by atoms with Gasteiger partial charge in [-0.05, 0) is 6.92 Å². The molecule has 7 heteroatoms. The first kappa shape index (κ1) is 15.1. The molecule has 0 bridgehead atoms. The fraction of sp³-hybridized carbons (Fsp3) is 0.667. The van der Waals surface area contributed by atoms with Crippen molar-refractivity contribution in [2.75, 3.05) is 19.7 Å². The van der Waals surface area contributed by atoms with E-state index in [2.05, 4.69) is 17.9 Å². The van der Waals surface area contributed by atoms with E-state index in [1.165, 1.54) is 6.92 Å². The number of nitrogens with one attached hydrogen (secondary N) is 1. The molecule has 1 amide bonds. The lowest BCUT2D eigenvalue weighted by Crippen LogP contribution is -2.45. The number of hydrogen-bond donors (Lipinski definition) is 3. The van der Waals surface area contributed by atoms with Crippen LogP contribution < -0.4 is 11.1 Å². The first-order valence-corrected chi connectivity index (χ1v) is 5.21. The molecule has 0 saturated carbocycles. The van der Waals surface area contributed by atoms with Gasteiger partial charge in [0, 0.05) is 13.1 Å². The predicted octanol–water partition coefficient (Wildman–Crippen LogP) is -1.12. The largest absolute Gasteiger partial charge is 0.367 e. The Balaban J connectivity index is 0.000000293. The van der Waals surface area contributed by atoms with Gasteiger partial charge in [-0.25, -0.2) is 0 Å². The second-order valence-electron chi connectivity index (χ2n) is 3.24. The standard InChI is InChI=1S/C5H10N2O2.C4H6O2S/c6-5(8)4-3-7-1-2-9-4;1-3(5)2-4(6)7/h4,7H,1-3H2,(H2,6,8);2H2,1H3,(H,6,7). The van der Waals surface area contributed by atoms with E-state index in [1.807, 2.05) is 0 Å². The van der Waals surface area contributed by atoms with Crippen LogP contribution in [0.15, 0.2) is 0 Å². The number of amides is 1. The fourth-order valence-corrected chi connectivity index (χ4v) is 1.18. The molecule has 0 radical (unpaired) electrons. The number of thiol groups is 1. The number of ether oxygens (including phenoxy) is 1. The van der Waals surface area contributed by atoms with Gasteiger partial charge in [-0.3, -0.25) is 14.4 Å². The summed E-state index contributed by atoms with van der Waals surface area (Å²) < 4.78 is 5.00. The topological polar surface area (TPSA) is 98.5 Å². The summed E-state index contributed by atoms with van der Waals surface area (Å²) in [6.45, 7) is 3.29. The van der Waals surface area contributed by atoms with Crippen LogP contribution >= 0.6 is 12.6 Å². The predicted molar refractivity (Wildman–Crippen MR) is 61.1 cm³/mol. The molecule has 0 aliphatic carbocycles. The van der Waals surface area contributed by atoms with E-state index in [4.69, 9.17) is 10.5 Å². The number of nitrogens with two attached hydrogens (primary N) is 1. The Labute approximate surface area is 99.3 Å². The van der Waals surface area contributed by atoms with Crippen LogP contribution in [0, 0.1) is 0 Å². The Kier molecular flexibility index (Phi) is 7.78. The van der Waals surface area contributed by atoms with E-state index in [9.17, 15) is 14.4 Å². The zero-order chi connectivity index (χ0) is 12.6. The number of carbonyl (C=O) groups excluding carboxylic acids is 3. The summed E-state index contributed by atoms with van der Waals surface area (Å²) in [5.41, 5.74) is 4.96. The third-order valence-corrected chi connectivity index (χ3v) is 1.80. The summed E-state index contributed by atoms with van der Waals surface area (Å²) in [6.07, 6.45) is -0.470. The molecule has 0 aromatic carbocycles. The second kappa shape index (κ2) is 8.26. The van der Waals surface area contributed by atoms with Crippen LogP contribution in [0.5, 0.6) is 0 Å². The molecule has 1 unspecified atom stereocenters. The van der Waals surface area contributed by atoms with Crippen LogP contribution in [0.2, 0.25) is 0 Å². The van der Waals surface area contributed by atoms with Gasteiger partial charge in [-0.2, -0.15) is 0 Å². The smallest absolute Gasteiger partial charge is 0.247 e. The Morgan fingerprint density at radius 3 is 2.31 bits per heavy atom. The Morgan fingerprint density at radius 2 is 2.12 bits per heavy atom. The lowest BCUT2D eigenvalue weighted by Gasteiger charge is -2.20. The van der Waals surface area contributed by atoms with Gasteiger partial charge < -0.3 is 15.8 Å². The van der Waals surface area contributed by atoms with E-state index in [0.29, 0.717) is 13.2 Å². The van der Waals surface area contributed by atoms with Crippen LogP contribution in [0.25, 0.3) is 0 Å². The highest BCUT2D eigenvalue weighted by Gasteiger charge is 2.17. The van der Waals surface area contributed by atoms with Gasteiger partial charge >= 0.3 is 0 Å². The van der Waals surface area contributed by atoms with Crippen molar-refractivity contribution < 1.29 is 19.1 Å². The molecule has 1 saturated heterocycles. The van der Waals surface area contributed by atoms with Crippen molar-refractivity contribution in [1.29, 1.82) is 0 Å². The molecule has 16 heavy (non-hydrogen) atoms. The maximum atomic E-state index is 10.4. The Bertz CT molecular complexity index is 252. The zero-order valence-electron chi connectivity index (χ0n) is 9.06. The molecule has 0 aromatic heterocycles. The van der Waals surface area contributed by atoms with E-state index in [-0.39, 0.29) is 23.2 Å². The Hall–Kier alpha value is -0.920. The summed E-state index contributed by atoms with van der Waals surface area (Å²) in [5.74, 6) is -0.526. The minimum absolute atomic E-state index is 0.0525. The van der Waals surface area contributed by atoms with E-state index >= 15 is 0 Å². The quantitative estimate of drug-likeness (QED) is 0.434. The van der Waals surface area contributed by atoms with Crippen molar-refractivity contribution >= 4 is 29.4 Å².